The van der Waals surface area contributed by atoms with Crippen LogP contribution in [0.1, 0.15) is 37.7 Å². The van der Waals surface area contributed by atoms with Gasteiger partial charge in [0, 0.05) is 6.04 Å². The van der Waals surface area contributed by atoms with Crippen LogP contribution in [0.2, 0.25) is 0 Å². The third-order valence-corrected chi connectivity index (χ3v) is 4.60. The third kappa shape index (κ3) is 5.35. The van der Waals surface area contributed by atoms with E-state index in [-0.39, 0.29) is 0 Å². The Morgan fingerprint density at radius 1 is 1.21 bits per heavy atom. The van der Waals surface area contributed by atoms with E-state index >= 15 is 0 Å². The number of carboxylic acids is 1. The van der Waals surface area contributed by atoms with E-state index in [4.69, 9.17) is 19.7 Å². The van der Waals surface area contributed by atoms with Gasteiger partial charge in [0.05, 0.1) is 7.11 Å². The van der Waals surface area contributed by atoms with Crippen LogP contribution in [0, 0.1) is 0 Å². The van der Waals surface area contributed by atoms with E-state index in [1.54, 1.807) is 18.3 Å². The first-order valence-corrected chi connectivity index (χ1v) is 8.53. The second-order valence-corrected chi connectivity index (χ2v) is 6.20. The van der Waals surface area contributed by atoms with Crippen LogP contribution >= 0.6 is 0 Å². The Labute approximate surface area is 143 Å². The van der Waals surface area contributed by atoms with Crippen molar-refractivity contribution in [2.75, 3.05) is 20.3 Å². The van der Waals surface area contributed by atoms with Gasteiger partial charge in [0.15, 0.2) is 0 Å². The molecule has 0 unspecified atom stereocenters. The van der Waals surface area contributed by atoms with Gasteiger partial charge in [-0.1, -0.05) is 23.3 Å². The molecular weight excluding hydrogens is 306 g/mol. The lowest BCUT2D eigenvalue weighted by Gasteiger charge is -2.33. The molecule has 5 nitrogen and oxygen atoms in total. The maximum absolute atomic E-state index is 9.12. The van der Waals surface area contributed by atoms with E-state index < -0.39 is 12.6 Å². The van der Waals surface area contributed by atoms with Crippen LogP contribution in [0.25, 0.3) is 0 Å². The summed E-state index contributed by atoms with van der Waals surface area (Å²) in [6, 6.07) is 9.08. The number of ether oxygens (including phenoxy) is 1. The number of hydrogen-bond donors (Lipinski definition) is 3. The highest BCUT2D eigenvalue weighted by atomic mass is 16.5. The number of rotatable bonds is 4. The first-order chi connectivity index (χ1) is 11.6. The van der Waals surface area contributed by atoms with Gasteiger partial charge in [0.1, 0.15) is 12.4 Å². The smallest absolute Gasteiger partial charge is 0.329 e. The van der Waals surface area contributed by atoms with Crippen LogP contribution in [0.4, 0.5) is 0 Å². The Bertz CT molecular complexity index is 561. The van der Waals surface area contributed by atoms with Crippen LogP contribution < -0.4 is 10.1 Å². The van der Waals surface area contributed by atoms with Crippen molar-refractivity contribution in [1.29, 1.82) is 0 Å². The number of benzene rings is 1. The summed E-state index contributed by atoms with van der Waals surface area (Å²) in [5, 5.41) is 18.7. The largest absolute Gasteiger partial charge is 0.497 e. The number of carboxylic acid groups (broad SMARTS) is 1. The molecule has 0 radical (unpaired) electrons. The number of carbonyl (C=O) groups is 1. The van der Waals surface area contributed by atoms with Gasteiger partial charge < -0.3 is 20.3 Å². The summed E-state index contributed by atoms with van der Waals surface area (Å²) in [5.74, 6) is -0.247. The van der Waals surface area contributed by atoms with Gasteiger partial charge in [-0.15, -0.1) is 0 Å². The van der Waals surface area contributed by atoms with Crippen LogP contribution in [0.5, 0.6) is 5.75 Å². The van der Waals surface area contributed by atoms with E-state index in [0.717, 1.165) is 18.7 Å². The summed E-state index contributed by atoms with van der Waals surface area (Å²) in [6.45, 7) is 0.375. The summed E-state index contributed by atoms with van der Waals surface area (Å²) in [4.78, 5) is 9.12. The standard InChI is InChI=1S/C17H23NO.C2H4O3/c1-19-15-8-6-13(7-9-15)12-17-16-5-3-2-4-14(16)10-11-18-17;3-1-2(4)5/h6-9,17-18H,2-5,10-12H2,1H3;3H,1H2,(H,4,5)/t17-;/m1./s1. The van der Waals surface area contributed by atoms with Gasteiger partial charge in [-0.25, -0.2) is 4.79 Å². The number of hydrogen-bond acceptors (Lipinski definition) is 4. The fraction of sp³-hybridized carbons (Fsp3) is 0.526. The molecule has 0 saturated heterocycles. The molecule has 1 heterocycles. The highest BCUT2D eigenvalue weighted by Gasteiger charge is 2.24. The van der Waals surface area contributed by atoms with Crippen LogP contribution in [-0.4, -0.2) is 42.5 Å². The SMILES string of the molecule is COc1ccc(C[C@H]2NCCC3=C2CCCC3)cc1.O=C(O)CO. The first kappa shape index (κ1) is 18.5. The lowest BCUT2D eigenvalue weighted by molar-refractivity contribution is -0.140. The summed E-state index contributed by atoms with van der Waals surface area (Å²) in [5.41, 5.74) is 4.87. The summed E-state index contributed by atoms with van der Waals surface area (Å²) < 4.78 is 5.22. The second kappa shape index (κ2) is 9.45. The van der Waals surface area contributed by atoms with Gasteiger partial charge >= 0.3 is 5.97 Å². The molecule has 3 rings (SSSR count). The molecule has 0 amide bonds. The van der Waals surface area contributed by atoms with E-state index in [1.807, 2.05) is 0 Å². The molecule has 1 atom stereocenters. The number of nitrogens with one attached hydrogen (secondary N) is 1. The highest BCUT2D eigenvalue weighted by molar-refractivity contribution is 5.67. The topological polar surface area (TPSA) is 78.8 Å². The van der Waals surface area contributed by atoms with Crippen molar-refractivity contribution in [2.24, 2.45) is 0 Å². The average Bonchev–Trinajstić information content (AvgIpc) is 2.63. The van der Waals surface area contributed by atoms with Crippen molar-refractivity contribution in [1.82, 2.24) is 5.32 Å². The van der Waals surface area contributed by atoms with Crippen LogP contribution in [-0.2, 0) is 11.2 Å². The monoisotopic (exact) mass is 333 g/mol. The summed E-state index contributed by atoms with van der Waals surface area (Å²) >= 11 is 0. The Morgan fingerprint density at radius 3 is 2.50 bits per heavy atom. The minimum atomic E-state index is -1.19. The Kier molecular flexibility index (Phi) is 7.28. The average molecular weight is 333 g/mol. The van der Waals surface area contributed by atoms with Gasteiger partial charge in [-0.2, -0.15) is 0 Å². The quantitative estimate of drug-likeness (QED) is 0.738. The molecule has 132 valence electrons. The molecule has 0 saturated carbocycles. The van der Waals surface area contributed by atoms with E-state index in [1.165, 1.54) is 37.7 Å². The molecule has 24 heavy (non-hydrogen) atoms. The zero-order valence-electron chi connectivity index (χ0n) is 14.3. The van der Waals surface area contributed by atoms with Gasteiger partial charge in [-0.05, 0) is 62.8 Å². The maximum Gasteiger partial charge on any atom is 0.329 e. The third-order valence-electron chi connectivity index (χ3n) is 4.60. The zero-order valence-corrected chi connectivity index (χ0v) is 14.3. The van der Waals surface area contributed by atoms with Gasteiger partial charge in [0.25, 0.3) is 0 Å². The molecular formula is C19H27NO4. The molecule has 3 N–H and O–H groups in total. The van der Waals surface area contributed by atoms with Crippen molar-refractivity contribution >= 4 is 5.97 Å². The molecule has 1 aromatic carbocycles. The Hall–Kier alpha value is -1.85. The lowest BCUT2D eigenvalue weighted by atomic mass is 9.81. The van der Waals surface area contributed by atoms with Crippen LogP contribution in [0.3, 0.4) is 0 Å². The molecule has 1 aromatic rings. The zero-order chi connectivity index (χ0) is 17.4. The molecule has 0 fully saturated rings. The molecule has 1 aliphatic carbocycles. The van der Waals surface area contributed by atoms with Crippen molar-refractivity contribution in [2.45, 2.75) is 44.6 Å². The predicted octanol–water partition coefficient (Wildman–Crippen LogP) is 2.53. The normalized spacial score (nSPS) is 19.8. The van der Waals surface area contributed by atoms with Crippen molar-refractivity contribution in [3.63, 3.8) is 0 Å². The van der Waals surface area contributed by atoms with Crippen LogP contribution in [0.15, 0.2) is 35.4 Å². The maximum atomic E-state index is 9.12. The fourth-order valence-electron chi connectivity index (χ4n) is 3.41. The highest BCUT2D eigenvalue weighted by Crippen LogP contribution is 2.32. The molecule has 2 aliphatic rings. The van der Waals surface area contributed by atoms with E-state index in [9.17, 15) is 0 Å². The molecule has 0 aromatic heterocycles. The van der Waals surface area contributed by atoms with E-state index in [0.29, 0.717) is 6.04 Å². The Balaban J connectivity index is 0.000000368. The van der Waals surface area contributed by atoms with Crippen molar-refractivity contribution < 1.29 is 19.7 Å². The van der Waals surface area contributed by atoms with Gasteiger partial charge in [-0.3, -0.25) is 0 Å². The predicted molar refractivity (Wildman–Crippen MR) is 93.3 cm³/mol. The summed E-state index contributed by atoms with van der Waals surface area (Å²) in [6.07, 6.45) is 7.81. The molecule has 5 heteroatoms. The van der Waals surface area contributed by atoms with Gasteiger partial charge in [0.2, 0.25) is 0 Å². The Morgan fingerprint density at radius 2 is 1.88 bits per heavy atom. The fourth-order valence-corrected chi connectivity index (χ4v) is 3.41. The molecule has 0 bridgehead atoms. The lowest BCUT2D eigenvalue weighted by Crippen LogP contribution is -2.39. The molecule has 0 spiro atoms. The van der Waals surface area contributed by atoms with Crippen molar-refractivity contribution in [3.8, 4) is 5.75 Å². The number of aliphatic hydroxyl groups is 1. The minimum Gasteiger partial charge on any atom is -0.497 e. The molecule has 1 aliphatic heterocycles. The second-order valence-electron chi connectivity index (χ2n) is 6.20. The number of aliphatic hydroxyl groups excluding tert-OH is 1. The number of aliphatic carboxylic acids is 1. The van der Waals surface area contributed by atoms with Crippen molar-refractivity contribution in [3.05, 3.63) is 41.0 Å². The first-order valence-electron chi connectivity index (χ1n) is 8.53. The number of methoxy groups -OCH3 is 1. The van der Waals surface area contributed by atoms with E-state index in [2.05, 4.69) is 29.6 Å². The summed E-state index contributed by atoms with van der Waals surface area (Å²) in [7, 11) is 1.72. The minimum absolute atomic E-state index is 0.567.